The summed E-state index contributed by atoms with van der Waals surface area (Å²) in [6.45, 7) is 6.35. The number of aryl methyl sites for hydroxylation is 1. The molecule has 0 bridgehead atoms. The first kappa shape index (κ1) is 14.0. The SMILES string of the molecule is Cc1cccc(COC[C@@]23CCCO[C@H]2CCNC3)n1. The van der Waals surface area contributed by atoms with Crippen LogP contribution in [0.1, 0.15) is 30.7 Å². The second-order valence-corrected chi connectivity index (χ2v) is 6.05. The largest absolute Gasteiger partial charge is 0.377 e. The number of fused-ring (bicyclic) bond motifs is 1. The maximum absolute atomic E-state index is 5.99. The zero-order chi connectivity index (χ0) is 13.8. The molecule has 0 amide bonds. The van der Waals surface area contributed by atoms with Crippen molar-refractivity contribution in [1.29, 1.82) is 0 Å². The second-order valence-electron chi connectivity index (χ2n) is 6.05. The van der Waals surface area contributed by atoms with Crippen LogP contribution in [0.15, 0.2) is 18.2 Å². The molecule has 1 N–H and O–H groups in total. The Labute approximate surface area is 120 Å². The van der Waals surface area contributed by atoms with Crippen molar-refractivity contribution in [3.05, 3.63) is 29.6 Å². The molecule has 1 aromatic heterocycles. The molecule has 2 aliphatic heterocycles. The fraction of sp³-hybridized carbons (Fsp3) is 0.688. The lowest BCUT2D eigenvalue weighted by atomic mass is 9.73. The van der Waals surface area contributed by atoms with Gasteiger partial charge in [-0.2, -0.15) is 0 Å². The third-order valence-corrected chi connectivity index (χ3v) is 4.47. The van der Waals surface area contributed by atoms with E-state index in [0.717, 1.165) is 50.5 Å². The molecule has 4 nitrogen and oxygen atoms in total. The van der Waals surface area contributed by atoms with Gasteiger partial charge in [0.05, 0.1) is 25.0 Å². The van der Waals surface area contributed by atoms with Crippen molar-refractivity contribution in [1.82, 2.24) is 10.3 Å². The van der Waals surface area contributed by atoms with Crippen LogP contribution < -0.4 is 5.32 Å². The molecular weight excluding hydrogens is 252 g/mol. The van der Waals surface area contributed by atoms with Gasteiger partial charge in [0.1, 0.15) is 0 Å². The minimum Gasteiger partial charge on any atom is -0.377 e. The Balaban J connectivity index is 1.58. The number of aromatic nitrogens is 1. The van der Waals surface area contributed by atoms with Crippen LogP contribution in [0.4, 0.5) is 0 Å². The highest BCUT2D eigenvalue weighted by Crippen LogP contribution is 2.38. The standard InChI is InChI=1S/C16H24N2O2/c1-13-4-2-5-14(18-13)10-19-12-16-7-3-9-20-15(16)6-8-17-11-16/h2,4-5,15,17H,3,6-12H2,1H3/t15-,16-/m0/s1. The molecule has 2 atom stereocenters. The molecule has 4 heteroatoms. The van der Waals surface area contributed by atoms with Gasteiger partial charge in [-0.25, -0.2) is 0 Å². The summed E-state index contributed by atoms with van der Waals surface area (Å²) < 4.78 is 12.0. The van der Waals surface area contributed by atoms with Crippen molar-refractivity contribution in [2.75, 3.05) is 26.3 Å². The van der Waals surface area contributed by atoms with Crippen LogP contribution in [0.2, 0.25) is 0 Å². The van der Waals surface area contributed by atoms with Crippen molar-refractivity contribution in [2.24, 2.45) is 5.41 Å². The van der Waals surface area contributed by atoms with Crippen LogP contribution in [-0.4, -0.2) is 37.4 Å². The van der Waals surface area contributed by atoms with Gasteiger partial charge in [0.15, 0.2) is 0 Å². The van der Waals surface area contributed by atoms with Crippen molar-refractivity contribution >= 4 is 0 Å². The van der Waals surface area contributed by atoms with E-state index in [0.29, 0.717) is 12.7 Å². The third kappa shape index (κ3) is 3.03. The normalized spacial score (nSPS) is 29.9. The van der Waals surface area contributed by atoms with Crippen molar-refractivity contribution in [2.45, 2.75) is 38.9 Å². The number of nitrogens with zero attached hydrogens (tertiary/aromatic N) is 1. The number of piperidine rings is 1. The summed E-state index contributed by atoms with van der Waals surface area (Å²) in [6.07, 6.45) is 3.81. The summed E-state index contributed by atoms with van der Waals surface area (Å²) in [5.74, 6) is 0. The zero-order valence-corrected chi connectivity index (χ0v) is 12.2. The van der Waals surface area contributed by atoms with E-state index in [9.17, 15) is 0 Å². The number of hydrogen-bond donors (Lipinski definition) is 1. The Morgan fingerprint density at radius 2 is 2.45 bits per heavy atom. The molecule has 0 aliphatic carbocycles. The van der Waals surface area contributed by atoms with Crippen LogP contribution in [0.25, 0.3) is 0 Å². The lowest BCUT2D eigenvalue weighted by Crippen LogP contribution is -2.55. The maximum Gasteiger partial charge on any atom is 0.0888 e. The van der Waals surface area contributed by atoms with Crippen LogP contribution in [0, 0.1) is 12.3 Å². The van der Waals surface area contributed by atoms with E-state index in [1.54, 1.807) is 0 Å². The molecule has 0 unspecified atom stereocenters. The Morgan fingerprint density at radius 1 is 1.50 bits per heavy atom. The van der Waals surface area contributed by atoms with Crippen molar-refractivity contribution in [3.8, 4) is 0 Å². The molecule has 0 radical (unpaired) electrons. The smallest absolute Gasteiger partial charge is 0.0888 e. The van der Waals surface area contributed by atoms with E-state index in [-0.39, 0.29) is 5.41 Å². The van der Waals surface area contributed by atoms with Crippen LogP contribution in [0.5, 0.6) is 0 Å². The van der Waals surface area contributed by atoms with Gasteiger partial charge in [-0.1, -0.05) is 6.07 Å². The average Bonchev–Trinajstić information content (AvgIpc) is 2.47. The molecule has 2 fully saturated rings. The molecule has 2 aliphatic rings. The van der Waals surface area contributed by atoms with Crippen LogP contribution >= 0.6 is 0 Å². The molecule has 3 rings (SSSR count). The third-order valence-electron chi connectivity index (χ3n) is 4.47. The van der Waals surface area contributed by atoms with E-state index < -0.39 is 0 Å². The monoisotopic (exact) mass is 276 g/mol. The summed E-state index contributed by atoms with van der Waals surface area (Å²) in [5.41, 5.74) is 2.22. The Hall–Kier alpha value is -0.970. The van der Waals surface area contributed by atoms with Crippen LogP contribution in [0.3, 0.4) is 0 Å². The maximum atomic E-state index is 5.99. The van der Waals surface area contributed by atoms with Gasteiger partial charge in [0, 0.05) is 24.3 Å². The minimum absolute atomic E-state index is 0.167. The molecule has 2 saturated heterocycles. The summed E-state index contributed by atoms with van der Waals surface area (Å²) in [6, 6.07) is 6.07. The zero-order valence-electron chi connectivity index (χ0n) is 12.2. The van der Waals surface area contributed by atoms with Gasteiger partial charge in [-0.05, 0) is 44.9 Å². The van der Waals surface area contributed by atoms with Gasteiger partial charge >= 0.3 is 0 Å². The molecule has 0 spiro atoms. The molecular formula is C16H24N2O2. The average molecular weight is 276 g/mol. The Morgan fingerprint density at radius 3 is 3.35 bits per heavy atom. The van der Waals surface area contributed by atoms with Gasteiger partial charge in [0.25, 0.3) is 0 Å². The molecule has 20 heavy (non-hydrogen) atoms. The van der Waals surface area contributed by atoms with E-state index in [4.69, 9.17) is 9.47 Å². The first-order valence-electron chi connectivity index (χ1n) is 7.61. The fourth-order valence-corrected chi connectivity index (χ4v) is 3.40. The number of pyridine rings is 1. The first-order valence-corrected chi connectivity index (χ1v) is 7.61. The van der Waals surface area contributed by atoms with E-state index in [2.05, 4.69) is 10.3 Å². The van der Waals surface area contributed by atoms with E-state index in [1.165, 1.54) is 6.42 Å². The van der Waals surface area contributed by atoms with Gasteiger partial charge in [-0.3, -0.25) is 4.98 Å². The number of nitrogens with one attached hydrogen (secondary N) is 1. The Bertz CT molecular complexity index is 438. The molecule has 3 heterocycles. The lowest BCUT2D eigenvalue weighted by molar-refractivity contribution is -0.132. The highest BCUT2D eigenvalue weighted by Gasteiger charge is 2.43. The lowest BCUT2D eigenvalue weighted by Gasteiger charge is -2.47. The fourth-order valence-electron chi connectivity index (χ4n) is 3.40. The predicted molar refractivity (Wildman–Crippen MR) is 77.5 cm³/mol. The molecule has 110 valence electrons. The minimum atomic E-state index is 0.167. The summed E-state index contributed by atoms with van der Waals surface area (Å²) in [4.78, 5) is 4.49. The van der Waals surface area contributed by atoms with Gasteiger partial charge < -0.3 is 14.8 Å². The molecule has 1 aromatic rings. The second kappa shape index (κ2) is 6.20. The number of rotatable bonds is 4. The van der Waals surface area contributed by atoms with E-state index in [1.807, 2.05) is 25.1 Å². The quantitative estimate of drug-likeness (QED) is 0.914. The molecule has 0 saturated carbocycles. The highest BCUT2D eigenvalue weighted by molar-refractivity contribution is 5.09. The molecule has 0 aromatic carbocycles. The van der Waals surface area contributed by atoms with Crippen molar-refractivity contribution in [3.63, 3.8) is 0 Å². The summed E-state index contributed by atoms with van der Waals surface area (Å²) in [7, 11) is 0. The van der Waals surface area contributed by atoms with Gasteiger partial charge in [-0.15, -0.1) is 0 Å². The van der Waals surface area contributed by atoms with Gasteiger partial charge in [0.2, 0.25) is 0 Å². The van der Waals surface area contributed by atoms with Crippen molar-refractivity contribution < 1.29 is 9.47 Å². The Kier molecular flexibility index (Phi) is 4.34. The summed E-state index contributed by atoms with van der Waals surface area (Å²) in [5, 5.41) is 3.51. The highest BCUT2D eigenvalue weighted by atomic mass is 16.5. The topological polar surface area (TPSA) is 43.4 Å². The van der Waals surface area contributed by atoms with E-state index >= 15 is 0 Å². The number of hydrogen-bond acceptors (Lipinski definition) is 4. The van der Waals surface area contributed by atoms with Crippen LogP contribution in [-0.2, 0) is 16.1 Å². The summed E-state index contributed by atoms with van der Waals surface area (Å²) >= 11 is 0. The predicted octanol–water partition coefficient (Wildman–Crippen LogP) is 2.07. The number of ether oxygens (including phenoxy) is 2. The first-order chi connectivity index (χ1) is 9.78.